The third-order valence-electron chi connectivity index (χ3n) is 2.90. The first kappa shape index (κ1) is 12.4. The summed E-state index contributed by atoms with van der Waals surface area (Å²) in [5.74, 6) is 1.02. The summed E-state index contributed by atoms with van der Waals surface area (Å²) in [6.45, 7) is 2.07. The van der Waals surface area contributed by atoms with E-state index in [1.165, 1.54) is 11.1 Å². The van der Waals surface area contributed by atoms with Gasteiger partial charge in [0, 0.05) is 4.47 Å². The highest BCUT2D eigenvalue weighted by atomic mass is 79.9. The fourth-order valence-corrected chi connectivity index (χ4v) is 2.41. The predicted octanol–water partition coefficient (Wildman–Crippen LogP) is 3.85. The topological polar surface area (TPSA) is 25.2 Å². The van der Waals surface area contributed by atoms with Gasteiger partial charge in [-0.1, -0.05) is 28.1 Å². The summed E-state index contributed by atoms with van der Waals surface area (Å²) in [5, 5.41) is 3.30. The van der Waals surface area contributed by atoms with Crippen molar-refractivity contribution in [3.8, 4) is 0 Å². The van der Waals surface area contributed by atoms with E-state index in [1.54, 1.807) is 6.26 Å². The Morgan fingerprint density at radius 1 is 1.35 bits per heavy atom. The van der Waals surface area contributed by atoms with Crippen LogP contribution in [-0.2, 0) is 6.42 Å². The molecule has 0 bridgehead atoms. The van der Waals surface area contributed by atoms with Crippen LogP contribution in [0.4, 0.5) is 0 Å². The van der Waals surface area contributed by atoms with Crippen molar-refractivity contribution in [2.24, 2.45) is 0 Å². The van der Waals surface area contributed by atoms with Crippen LogP contribution in [0.1, 0.15) is 22.9 Å². The molecule has 0 aliphatic rings. The van der Waals surface area contributed by atoms with Gasteiger partial charge in [0.15, 0.2) is 0 Å². The van der Waals surface area contributed by atoms with Crippen molar-refractivity contribution in [3.05, 3.63) is 58.0 Å². The first-order valence-electron chi connectivity index (χ1n) is 5.66. The quantitative estimate of drug-likeness (QED) is 0.926. The second-order valence-corrected chi connectivity index (χ2v) is 5.06. The Bertz CT molecular complexity index is 492. The molecule has 1 aromatic carbocycles. The van der Waals surface area contributed by atoms with Crippen LogP contribution < -0.4 is 5.32 Å². The lowest BCUT2D eigenvalue weighted by Gasteiger charge is -2.15. The Balaban J connectivity index is 2.19. The van der Waals surface area contributed by atoms with E-state index >= 15 is 0 Å². The molecular weight excluding hydrogens is 278 g/mol. The van der Waals surface area contributed by atoms with E-state index in [0.717, 1.165) is 16.7 Å². The minimum atomic E-state index is 0.222. The van der Waals surface area contributed by atoms with Gasteiger partial charge in [0.05, 0.1) is 12.3 Å². The molecule has 0 spiro atoms. The Kier molecular flexibility index (Phi) is 4.02. The molecule has 1 unspecified atom stereocenters. The van der Waals surface area contributed by atoms with Crippen LogP contribution in [0.25, 0.3) is 0 Å². The maximum Gasteiger partial charge on any atom is 0.123 e. The first-order valence-corrected chi connectivity index (χ1v) is 6.45. The molecule has 3 heteroatoms. The van der Waals surface area contributed by atoms with Crippen molar-refractivity contribution in [2.75, 3.05) is 7.05 Å². The molecule has 0 aliphatic heterocycles. The molecule has 2 rings (SSSR count). The van der Waals surface area contributed by atoms with Gasteiger partial charge in [0.1, 0.15) is 5.76 Å². The summed E-state index contributed by atoms with van der Waals surface area (Å²) in [6, 6.07) is 10.6. The van der Waals surface area contributed by atoms with Gasteiger partial charge in [-0.25, -0.2) is 0 Å². The van der Waals surface area contributed by atoms with Crippen molar-refractivity contribution in [1.82, 2.24) is 5.32 Å². The normalized spacial score (nSPS) is 12.6. The zero-order valence-electron chi connectivity index (χ0n) is 10.0. The number of furan rings is 1. The highest BCUT2D eigenvalue weighted by Gasteiger charge is 2.15. The third kappa shape index (κ3) is 2.99. The van der Waals surface area contributed by atoms with E-state index in [2.05, 4.69) is 46.4 Å². The zero-order valence-corrected chi connectivity index (χ0v) is 11.6. The highest BCUT2D eigenvalue weighted by Crippen LogP contribution is 2.23. The number of hydrogen-bond acceptors (Lipinski definition) is 2. The fourth-order valence-electron chi connectivity index (χ4n) is 1.97. The molecule has 2 nitrogen and oxygen atoms in total. The molecule has 90 valence electrons. The maximum absolute atomic E-state index is 5.55. The van der Waals surface area contributed by atoms with Gasteiger partial charge in [-0.3, -0.25) is 0 Å². The molecule has 0 amide bonds. The minimum Gasteiger partial charge on any atom is -0.467 e. The molecule has 1 aromatic heterocycles. The van der Waals surface area contributed by atoms with Gasteiger partial charge >= 0.3 is 0 Å². The number of benzene rings is 1. The average molecular weight is 294 g/mol. The third-order valence-corrected chi connectivity index (χ3v) is 3.39. The summed E-state index contributed by atoms with van der Waals surface area (Å²) in [7, 11) is 1.96. The predicted molar refractivity (Wildman–Crippen MR) is 73.1 cm³/mol. The lowest BCUT2D eigenvalue weighted by atomic mass is 10.0. The molecule has 0 saturated heterocycles. The van der Waals surface area contributed by atoms with E-state index < -0.39 is 0 Å². The van der Waals surface area contributed by atoms with E-state index in [0.29, 0.717) is 0 Å². The fraction of sp³-hybridized carbons (Fsp3) is 0.286. The second kappa shape index (κ2) is 5.52. The summed E-state index contributed by atoms with van der Waals surface area (Å²) in [6.07, 6.45) is 2.67. The first-order chi connectivity index (χ1) is 8.20. The van der Waals surface area contributed by atoms with Crippen molar-refractivity contribution < 1.29 is 4.42 Å². The zero-order chi connectivity index (χ0) is 12.3. The number of halogens is 1. The Morgan fingerprint density at radius 3 is 2.76 bits per heavy atom. The SMILES string of the molecule is CNC(Cc1cccc(Br)c1)c1occc1C. The van der Waals surface area contributed by atoms with Crippen molar-refractivity contribution in [2.45, 2.75) is 19.4 Å². The van der Waals surface area contributed by atoms with Crippen molar-refractivity contribution in [1.29, 1.82) is 0 Å². The van der Waals surface area contributed by atoms with Gasteiger partial charge in [0.2, 0.25) is 0 Å². The van der Waals surface area contributed by atoms with Crippen LogP contribution >= 0.6 is 15.9 Å². The molecule has 1 heterocycles. The van der Waals surface area contributed by atoms with Gasteiger partial charge in [-0.15, -0.1) is 0 Å². The summed E-state index contributed by atoms with van der Waals surface area (Å²) in [5.41, 5.74) is 2.48. The van der Waals surface area contributed by atoms with Crippen LogP contribution in [-0.4, -0.2) is 7.05 Å². The molecular formula is C14H16BrNO. The highest BCUT2D eigenvalue weighted by molar-refractivity contribution is 9.10. The number of hydrogen-bond donors (Lipinski definition) is 1. The van der Waals surface area contributed by atoms with E-state index in [4.69, 9.17) is 4.42 Å². The van der Waals surface area contributed by atoms with Gasteiger partial charge in [-0.2, -0.15) is 0 Å². The number of aryl methyl sites for hydroxylation is 1. The monoisotopic (exact) mass is 293 g/mol. The summed E-state index contributed by atoms with van der Waals surface area (Å²) < 4.78 is 6.66. The largest absolute Gasteiger partial charge is 0.467 e. The van der Waals surface area contributed by atoms with Crippen molar-refractivity contribution in [3.63, 3.8) is 0 Å². The van der Waals surface area contributed by atoms with Gasteiger partial charge < -0.3 is 9.73 Å². The van der Waals surface area contributed by atoms with E-state index in [-0.39, 0.29) is 6.04 Å². The Labute approximate surface area is 110 Å². The molecule has 0 aliphatic carbocycles. The number of likely N-dealkylation sites (N-methyl/N-ethyl adjacent to an activating group) is 1. The molecule has 2 aromatic rings. The molecule has 0 saturated carbocycles. The van der Waals surface area contributed by atoms with E-state index in [9.17, 15) is 0 Å². The summed E-state index contributed by atoms with van der Waals surface area (Å²) >= 11 is 3.49. The summed E-state index contributed by atoms with van der Waals surface area (Å²) in [4.78, 5) is 0. The Morgan fingerprint density at radius 2 is 2.18 bits per heavy atom. The number of nitrogens with one attached hydrogen (secondary N) is 1. The standard InChI is InChI=1S/C14H16BrNO/c1-10-6-7-17-14(10)13(16-2)9-11-4-3-5-12(15)8-11/h3-8,13,16H,9H2,1-2H3. The maximum atomic E-state index is 5.55. The van der Waals surface area contributed by atoms with Gasteiger partial charge in [0.25, 0.3) is 0 Å². The van der Waals surface area contributed by atoms with Crippen LogP contribution in [0.5, 0.6) is 0 Å². The molecule has 17 heavy (non-hydrogen) atoms. The molecule has 1 atom stereocenters. The lowest BCUT2D eigenvalue weighted by Crippen LogP contribution is -2.19. The van der Waals surface area contributed by atoms with Crippen LogP contribution in [0.3, 0.4) is 0 Å². The van der Waals surface area contributed by atoms with Gasteiger partial charge in [-0.05, 0) is 49.7 Å². The van der Waals surface area contributed by atoms with Crippen LogP contribution in [0.15, 0.2) is 45.5 Å². The second-order valence-electron chi connectivity index (χ2n) is 4.14. The smallest absolute Gasteiger partial charge is 0.123 e. The average Bonchev–Trinajstić information content (AvgIpc) is 2.72. The minimum absolute atomic E-state index is 0.222. The Hall–Kier alpha value is -1.06. The van der Waals surface area contributed by atoms with Crippen molar-refractivity contribution >= 4 is 15.9 Å². The molecule has 1 N–H and O–H groups in total. The lowest BCUT2D eigenvalue weighted by molar-refractivity contribution is 0.426. The van der Waals surface area contributed by atoms with E-state index in [1.807, 2.05) is 19.2 Å². The van der Waals surface area contributed by atoms with Crippen LogP contribution in [0.2, 0.25) is 0 Å². The number of rotatable bonds is 4. The molecule has 0 radical (unpaired) electrons. The van der Waals surface area contributed by atoms with Crippen LogP contribution in [0, 0.1) is 6.92 Å². The molecule has 0 fully saturated rings.